The SMILES string of the molecule is CC(CC/C=C\CCCCc1ccccc1)CCCC(C)(C)C. The molecule has 0 fully saturated rings. The fourth-order valence-corrected chi connectivity index (χ4v) is 2.98. The van der Waals surface area contributed by atoms with Crippen LogP contribution in [0.1, 0.15) is 84.6 Å². The van der Waals surface area contributed by atoms with E-state index in [-0.39, 0.29) is 0 Å². The molecule has 0 N–H and O–H groups in total. The van der Waals surface area contributed by atoms with E-state index in [9.17, 15) is 0 Å². The Morgan fingerprint density at radius 2 is 1.57 bits per heavy atom. The number of hydrogen-bond acceptors (Lipinski definition) is 0. The molecule has 0 saturated carbocycles. The van der Waals surface area contributed by atoms with E-state index >= 15 is 0 Å². The number of benzene rings is 1. The first-order valence-corrected chi connectivity index (χ1v) is 9.66. The number of unbranched alkanes of at least 4 members (excludes halogenated alkanes) is 2. The Labute approximate surface area is 145 Å². The van der Waals surface area contributed by atoms with Crippen LogP contribution in [0.25, 0.3) is 0 Å². The summed E-state index contributed by atoms with van der Waals surface area (Å²) in [5.41, 5.74) is 1.97. The van der Waals surface area contributed by atoms with E-state index in [0.717, 1.165) is 5.92 Å². The molecule has 0 heterocycles. The zero-order chi connectivity index (χ0) is 17.0. The lowest BCUT2D eigenvalue weighted by Gasteiger charge is -2.19. The van der Waals surface area contributed by atoms with Crippen LogP contribution < -0.4 is 0 Å². The summed E-state index contributed by atoms with van der Waals surface area (Å²) in [6.07, 6.45) is 16.6. The second-order valence-corrected chi connectivity index (χ2v) is 8.34. The quantitative estimate of drug-likeness (QED) is 0.291. The predicted octanol–water partition coefficient (Wildman–Crippen LogP) is 7.59. The Kier molecular flexibility index (Phi) is 9.99. The van der Waals surface area contributed by atoms with Gasteiger partial charge in [-0.05, 0) is 61.8 Å². The first-order valence-electron chi connectivity index (χ1n) is 9.66. The van der Waals surface area contributed by atoms with E-state index in [4.69, 9.17) is 0 Å². The van der Waals surface area contributed by atoms with Crippen molar-refractivity contribution >= 4 is 0 Å². The van der Waals surface area contributed by atoms with E-state index < -0.39 is 0 Å². The van der Waals surface area contributed by atoms with Gasteiger partial charge in [-0.15, -0.1) is 0 Å². The molecule has 1 aromatic rings. The summed E-state index contributed by atoms with van der Waals surface area (Å²) in [7, 11) is 0. The highest BCUT2D eigenvalue weighted by Gasteiger charge is 2.10. The van der Waals surface area contributed by atoms with Crippen LogP contribution in [0.3, 0.4) is 0 Å². The third-order valence-corrected chi connectivity index (χ3v) is 4.55. The van der Waals surface area contributed by atoms with E-state index in [1.165, 1.54) is 63.4 Å². The Morgan fingerprint density at radius 1 is 0.870 bits per heavy atom. The highest BCUT2D eigenvalue weighted by molar-refractivity contribution is 5.14. The monoisotopic (exact) mass is 314 g/mol. The lowest BCUT2D eigenvalue weighted by Crippen LogP contribution is -2.05. The number of rotatable bonds is 11. The van der Waals surface area contributed by atoms with Crippen LogP contribution in [-0.4, -0.2) is 0 Å². The Morgan fingerprint density at radius 3 is 2.26 bits per heavy atom. The third-order valence-electron chi connectivity index (χ3n) is 4.55. The van der Waals surface area contributed by atoms with Gasteiger partial charge < -0.3 is 0 Å². The molecule has 1 atom stereocenters. The second-order valence-electron chi connectivity index (χ2n) is 8.34. The van der Waals surface area contributed by atoms with Crippen molar-refractivity contribution in [1.82, 2.24) is 0 Å². The van der Waals surface area contributed by atoms with Gasteiger partial charge in [0.05, 0.1) is 0 Å². The van der Waals surface area contributed by atoms with Gasteiger partial charge in [-0.1, -0.05) is 83.0 Å². The molecule has 1 aromatic carbocycles. The maximum atomic E-state index is 2.41. The Balaban J connectivity index is 1.95. The molecule has 0 saturated heterocycles. The molecule has 1 unspecified atom stereocenters. The minimum Gasteiger partial charge on any atom is -0.0885 e. The van der Waals surface area contributed by atoms with Gasteiger partial charge in [0.25, 0.3) is 0 Å². The summed E-state index contributed by atoms with van der Waals surface area (Å²) in [5.74, 6) is 0.875. The highest BCUT2D eigenvalue weighted by atomic mass is 14.2. The predicted molar refractivity (Wildman–Crippen MR) is 105 cm³/mol. The Bertz CT molecular complexity index is 407. The molecule has 0 heteroatoms. The average Bonchev–Trinajstić information content (AvgIpc) is 2.49. The summed E-state index contributed by atoms with van der Waals surface area (Å²) in [6, 6.07) is 10.8. The molecule has 0 aromatic heterocycles. The van der Waals surface area contributed by atoms with Crippen molar-refractivity contribution in [3.05, 3.63) is 48.0 Å². The summed E-state index contributed by atoms with van der Waals surface area (Å²) in [4.78, 5) is 0. The average molecular weight is 315 g/mol. The van der Waals surface area contributed by atoms with Crippen LogP contribution in [0.2, 0.25) is 0 Å². The fourth-order valence-electron chi connectivity index (χ4n) is 2.98. The van der Waals surface area contributed by atoms with E-state index in [2.05, 4.69) is 70.2 Å². The minimum atomic E-state index is 0.499. The highest BCUT2D eigenvalue weighted by Crippen LogP contribution is 2.24. The van der Waals surface area contributed by atoms with Gasteiger partial charge in [-0.3, -0.25) is 0 Å². The topological polar surface area (TPSA) is 0 Å². The summed E-state index contributed by atoms with van der Waals surface area (Å²) >= 11 is 0. The van der Waals surface area contributed by atoms with Gasteiger partial charge in [0, 0.05) is 0 Å². The van der Waals surface area contributed by atoms with Gasteiger partial charge >= 0.3 is 0 Å². The standard InChI is InChI=1S/C23H38/c1-21(16-14-20-23(2,3)4)15-10-7-5-6-8-11-17-22-18-12-9-13-19-22/h5,7,9,12-13,18-19,21H,6,8,10-11,14-17,20H2,1-4H3/b7-5-. The molecule has 0 spiro atoms. The molecule has 0 amide bonds. The van der Waals surface area contributed by atoms with Crippen molar-refractivity contribution < 1.29 is 0 Å². The summed E-state index contributed by atoms with van der Waals surface area (Å²) < 4.78 is 0. The van der Waals surface area contributed by atoms with Gasteiger partial charge in [0.15, 0.2) is 0 Å². The van der Waals surface area contributed by atoms with Crippen LogP contribution in [0, 0.1) is 11.3 Å². The van der Waals surface area contributed by atoms with Crippen molar-refractivity contribution in [3.8, 4) is 0 Å². The lowest BCUT2D eigenvalue weighted by atomic mass is 9.87. The largest absolute Gasteiger partial charge is 0.0885 e. The third kappa shape index (κ3) is 12.1. The van der Waals surface area contributed by atoms with Crippen LogP contribution in [0.15, 0.2) is 42.5 Å². The van der Waals surface area contributed by atoms with Crippen LogP contribution in [0.4, 0.5) is 0 Å². The van der Waals surface area contributed by atoms with Gasteiger partial charge in [0.2, 0.25) is 0 Å². The number of aryl methyl sites for hydroxylation is 1. The molecule has 0 bridgehead atoms. The Hall–Kier alpha value is -1.04. The van der Waals surface area contributed by atoms with Crippen molar-refractivity contribution in [1.29, 1.82) is 0 Å². The molecular weight excluding hydrogens is 276 g/mol. The number of hydrogen-bond donors (Lipinski definition) is 0. The molecule has 130 valence electrons. The van der Waals surface area contributed by atoms with Crippen molar-refractivity contribution in [2.45, 2.75) is 85.5 Å². The molecule has 0 aliphatic rings. The molecule has 0 aliphatic carbocycles. The van der Waals surface area contributed by atoms with Crippen molar-refractivity contribution in [2.24, 2.45) is 11.3 Å². The van der Waals surface area contributed by atoms with Crippen molar-refractivity contribution in [2.75, 3.05) is 0 Å². The molecule has 23 heavy (non-hydrogen) atoms. The van der Waals surface area contributed by atoms with Crippen LogP contribution in [-0.2, 0) is 6.42 Å². The van der Waals surface area contributed by atoms with Crippen LogP contribution in [0.5, 0.6) is 0 Å². The summed E-state index contributed by atoms with van der Waals surface area (Å²) in [5, 5.41) is 0. The zero-order valence-electron chi connectivity index (χ0n) is 16.0. The fraction of sp³-hybridized carbons (Fsp3) is 0.652. The van der Waals surface area contributed by atoms with Crippen molar-refractivity contribution in [3.63, 3.8) is 0 Å². The molecule has 0 aliphatic heterocycles. The summed E-state index contributed by atoms with van der Waals surface area (Å²) in [6.45, 7) is 9.45. The first-order chi connectivity index (χ1) is 11.0. The normalized spacial score (nSPS) is 13.6. The number of allylic oxidation sites excluding steroid dienone is 2. The van der Waals surface area contributed by atoms with Gasteiger partial charge in [0.1, 0.15) is 0 Å². The molecule has 1 rings (SSSR count). The molecular formula is C23H38. The lowest BCUT2D eigenvalue weighted by molar-refractivity contribution is 0.339. The minimum absolute atomic E-state index is 0.499. The second kappa shape index (κ2) is 11.5. The van der Waals surface area contributed by atoms with E-state index in [1.807, 2.05) is 0 Å². The van der Waals surface area contributed by atoms with E-state index in [1.54, 1.807) is 0 Å². The maximum Gasteiger partial charge on any atom is -0.0279 e. The van der Waals surface area contributed by atoms with Gasteiger partial charge in [-0.25, -0.2) is 0 Å². The van der Waals surface area contributed by atoms with Gasteiger partial charge in [-0.2, -0.15) is 0 Å². The zero-order valence-corrected chi connectivity index (χ0v) is 16.0. The molecule has 0 nitrogen and oxygen atoms in total. The maximum absolute atomic E-state index is 2.41. The smallest absolute Gasteiger partial charge is 0.0279 e. The van der Waals surface area contributed by atoms with Crippen LogP contribution >= 0.6 is 0 Å². The first kappa shape index (κ1) is 20.0. The van der Waals surface area contributed by atoms with E-state index in [0.29, 0.717) is 5.41 Å². The molecule has 0 radical (unpaired) electrons.